The molecular formula is C26H30O. The first-order valence-electron chi connectivity index (χ1n) is 10.3. The maximum absolute atomic E-state index is 5.54. The monoisotopic (exact) mass is 358 g/mol. The third-order valence-corrected chi connectivity index (χ3v) is 5.46. The highest BCUT2D eigenvalue weighted by Crippen LogP contribution is 2.36. The molecule has 27 heavy (non-hydrogen) atoms. The summed E-state index contributed by atoms with van der Waals surface area (Å²) >= 11 is 0. The molecule has 2 aromatic rings. The normalized spacial score (nSPS) is 19.5. The molecule has 0 N–H and O–H groups in total. The van der Waals surface area contributed by atoms with Gasteiger partial charge in [-0.2, -0.15) is 0 Å². The number of aryl methyl sites for hydroxylation is 1. The maximum Gasteiger partial charge on any atom is 0.119 e. The fourth-order valence-electron chi connectivity index (χ4n) is 3.78. The first kappa shape index (κ1) is 19.3. The third kappa shape index (κ3) is 5.76. The van der Waals surface area contributed by atoms with Crippen LogP contribution in [-0.2, 0) is 6.42 Å². The van der Waals surface area contributed by atoms with Crippen molar-refractivity contribution in [2.45, 2.75) is 51.9 Å². The van der Waals surface area contributed by atoms with Crippen molar-refractivity contribution < 1.29 is 4.74 Å². The molecule has 1 aliphatic rings. The highest BCUT2D eigenvalue weighted by Gasteiger charge is 2.20. The van der Waals surface area contributed by atoms with E-state index in [1.807, 2.05) is 6.92 Å². The zero-order valence-corrected chi connectivity index (χ0v) is 16.6. The van der Waals surface area contributed by atoms with Crippen LogP contribution in [0.2, 0.25) is 0 Å². The zero-order chi connectivity index (χ0) is 18.9. The summed E-state index contributed by atoms with van der Waals surface area (Å²) in [6, 6.07) is 17.2. The van der Waals surface area contributed by atoms with Gasteiger partial charge in [-0.1, -0.05) is 49.1 Å². The summed E-state index contributed by atoms with van der Waals surface area (Å²) in [5, 5.41) is 0. The van der Waals surface area contributed by atoms with Crippen LogP contribution in [-0.4, -0.2) is 6.61 Å². The van der Waals surface area contributed by atoms with Crippen molar-refractivity contribution in [1.29, 1.82) is 0 Å². The van der Waals surface area contributed by atoms with Crippen molar-refractivity contribution in [2.75, 3.05) is 6.61 Å². The molecule has 1 saturated carbocycles. The fraction of sp³-hybridized carbons (Fsp3) is 0.385. The van der Waals surface area contributed by atoms with Gasteiger partial charge in [0.05, 0.1) is 6.61 Å². The van der Waals surface area contributed by atoms with Crippen LogP contribution >= 0.6 is 0 Å². The molecule has 0 saturated heterocycles. The Kier molecular flexibility index (Phi) is 7.17. The number of ether oxygens (including phenoxy) is 1. The molecule has 0 atom stereocenters. The van der Waals surface area contributed by atoms with Gasteiger partial charge in [-0.3, -0.25) is 0 Å². The van der Waals surface area contributed by atoms with Crippen molar-refractivity contribution in [3.8, 4) is 17.6 Å². The number of allylic oxidation sites excluding steroid dienone is 2. The molecular weight excluding hydrogens is 328 g/mol. The Morgan fingerprint density at radius 2 is 1.63 bits per heavy atom. The molecule has 140 valence electrons. The van der Waals surface area contributed by atoms with Gasteiger partial charge in [-0.05, 0) is 92.3 Å². The first-order chi connectivity index (χ1) is 13.3. The van der Waals surface area contributed by atoms with E-state index in [1.54, 1.807) is 0 Å². The average Bonchev–Trinajstić information content (AvgIpc) is 2.73. The molecule has 0 amide bonds. The minimum Gasteiger partial charge on any atom is -0.494 e. The van der Waals surface area contributed by atoms with Crippen LogP contribution in [0, 0.1) is 17.8 Å². The van der Waals surface area contributed by atoms with Gasteiger partial charge < -0.3 is 4.74 Å². The minimum atomic E-state index is 0.667. The number of rotatable bonds is 5. The molecule has 0 aliphatic heterocycles. The lowest BCUT2D eigenvalue weighted by molar-refractivity contribution is 0.339. The molecule has 1 fully saturated rings. The fourth-order valence-corrected chi connectivity index (χ4v) is 3.78. The van der Waals surface area contributed by atoms with Crippen molar-refractivity contribution in [1.82, 2.24) is 0 Å². The van der Waals surface area contributed by atoms with Crippen LogP contribution in [0.5, 0.6) is 5.75 Å². The van der Waals surface area contributed by atoms with E-state index >= 15 is 0 Å². The molecule has 0 radical (unpaired) electrons. The standard InChI is InChI=1S/C26H30O/c1-3-21-9-11-22(12-10-21)7-5-6-8-23-13-15-24(16-14-23)25-17-19-26(20-18-25)27-4-2/h6,8-12,17-20,23-24H,3-4,13-16H2,1-2H3/b8-6+. The van der Waals surface area contributed by atoms with E-state index in [1.165, 1.54) is 36.8 Å². The number of benzene rings is 2. The van der Waals surface area contributed by atoms with Gasteiger partial charge in [0.15, 0.2) is 0 Å². The van der Waals surface area contributed by atoms with Crippen molar-refractivity contribution in [3.63, 3.8) is 0 Å². The second-order valence-corrected chi connectivity index (χ2v) is 7.29. The van der Waals surface area contributed by atoms with E-state index in [4.69, 9.17) is 4.74 Å². The van der Waals surface area contributed by atoms with Gasteiger partial charge in [0, 0.05) is 5.56 Å². The Bertz CT molecular complexity index is 779. The topological polar surface area (TPSA) is 9.23 Å². The Morgan fingerprint density at radius 1 is 0.926 bits per heavy atom. The Labute approximate surface area is 164 Å². The summed E-state index contributed by atoms with van der Waals surface area (Å²) in [7, 11) is 0. The Hall–Kier alpha value is -2.46. The van der Waals surface area contributed by atoms with E-state index in [-0.39, 0.29) is 0 Å². The molecule has 1 aliphatic carbocycles. The number of hydrogen-bond donors (Lipinski definition) is 0. The molecule has 0 spiro atoms. The van der Waals surface area contributed by atoms with Crippen molar-refractivity contribution in [2.24, 2.45) is 5.92 Å². The Morgan fingerprint density at radius 3 is 2.26 bits per heavy atom. The van der Waals surface area contributed by atoms with Gasteiger partial charge in [-0.15, -0.1) is 0 Å². The quantitative estimate of drug-likeness (QED) is 0.552. The van der Waals surface area contributed by atoms with E-state index in [0.717, 1.165) is 24.3 Å². The molecule has 0 heterocycles. The molecule has 3 rings (SSSR count). The lowest BCUT2D eigenvalue weighted by atomic mass is 9.78. The lowest BCUT2D eigenvalue weighted by Crippen LogP contribution is -2.11. The van der Waals surface area contributed by atoms with Gasteiger partial charge >= 0.3 is 0 Å². The molecule has 0 bridgehead atoms. The van der Waals surface area contributed by atoms with Crippen LogP contribution in [0.1, 0.15) is 62.1 Å². The summed E-state index contributed by atoms with van der Waals surface area (Å²) in [6.45, 7) is 4.92. The predicted molar refractivity (Wildman–Crippen MR) is 114 cm³/mol. The predicted octanol–water partition coefficient (Wildman–Crippen LogP) is 6.53. The average molecular weight is 359 g/mol. The summed E-state index contributed by atoms with van der Waals surface area (Å²) < 4.78 is 5.54. The summed E-state index contributed by atoms with van der Waals surface area (Å²) in [5.74, 6) is 8.77. The largest absolute Gasteiger partial charge is 0.494 e. The van der Waals surface area contributed by atoms with Crippen LogP contribution < -0.4 is 4.74 Å². The lowest BCUT2D eigenvalue weighted by Gasteiger charge is -2.27. The number of hydrogen-bond acceptors (Lipinski definition) is 1. The second-order valence-electron chi connectivity index (χ2n) is 7.29. The zero-order valence-electron chi connectivity index (χ0n) is 16.6. The molecule has 0 aromatic heterocycles. The van der Waals surface area contributed by atoms with Gasteiger partial charge in [0.1, 0.15) is 5.75 Å². The van der Waals surface area contributed by atoms with E-state index in [9.17, 15) is 0 Å². The Balaban J connectivity index is 1.47. The van der Waals surface area contributed by atoms with Gasteiger partial charge in [-0.25, -0.2) is 0 Å². The SMILES string of the molecule is CCOc1ccc(C2CCC(/C=C/C#Cc3ccc(CC)cc3)CC2)cc1. The second kappa shape index (κ2) is 10.0. The van der Waals surface area contributed by atoms with Crippen molar-refractivity contribution in [3.05, 3.63) is 77.4 Å². The van der Waals surface area contributed by atoms with Crippen LogP contribution in [0.15, 0.2) is 60.7 Å². The first-order valence-corrected chi connectivity index (χ1v) is 10.3. The summed E-state index contributed by atoms with van der Waals surface area (Å²) in [4.78, 5) is 0. The van der Waals surface area contributed by atoms with Crippen LogP contribution in [0.4, 0.5) is 0 Å². The van der Waals surface area contributed by atoms with E-state index in [0.29, 0.717) is 11.8 Å². The minimum absolute atomic E-state index is 0.667. The maximum atomic E-state index is 5.54. The molecule has 0 unspecified atom stereocenters. The van der Waals surface area contributed by atoms with Crippen LogP contribution in [0.3, 0.4) is 0 Å². The summed E-state index contributed by atoms with van der Waals surface area (Å²) in [5.41, 5.74) is 3.91. The summed E-state index contributed by atoms with van der Waals surface area (Å²) in [6.07, 6.45) is 10.5. The van der Waals surface area contributed by atoms with Crippen LogP contribution in [0.25, 0.3) is 0 Å². The molecule has 2 aromatic carbocycles. The van der Waals surface area contributed by atoms with E-state index < -0.39 is 0 Å². The smallest absolute Gasteiger partial charge is 0.119 e. The van der Waals surface area contributed by atoms with Gasteiger partial charge in [0.25, 0.3) is 0 Å². The highest BCUT2D eigenvalue weighted by atomic mass is 16.5. The molecule has 1 nitrogen and oxygen atoms in total. The highest BCUT2D eigenvalue weighted by molar-refractivity contribution is 5.38. The van der Waals surface area contributed by atoms with Gasteiger partial charge in [0.2, 0.25) is 0 Å². The van der Waals surface area contributed by atoms with E-state index in [2.05, 4.69) is 79.4 Å². The third-order valence-electron chi connectivity index (χ3n) is 5.46. The van der Waals surface area contributed by atoms with Crippen molar-refractivity contribution >= 4 is 0 Å². The molecule has 1 heteroatoms.